The fourth-order valence-corrected chi connectivity index (χ4v) is 2.02. The molecule has 2 heterocycles. The first-order valence-electron chi connectivity index (χ1n) is 4.62. The van der Waals surface area contributed by atoms with E-state index in [0.717, 1.165) is 10.7 Å². The van der Waals surface area contributed by atoms with Crippen molar-refractivity contribution in [3.05, 3.63) is 34.4 Å². The van der Waals surface area contributed by atoms with Gasteiger partial charge in [-0.1, -0.05) is 11.6 Å². The normalized spacial score (nSPS) is 10.1. The molecule has 2 aromatic rings. The number of aromatic nitrogens is 2. The van der Waals surface area contributed by atoms with Gasteiger partial charge < -0.3 is 10.1 Å². The topological polar surface area (TPSA) is 47.0 Å². The average molecular weight is 256 g/mol. The molecule has 16 heavy (non-hydrogen) atoms. The highest BCUT2D eigenvalue weighted by Gasteiger charge is 2.00. The Morgan fingerprint density at radius 1 is 1.56 bits per heavy atom. The summed E-state index contributed by atoms with van der Waals surface area (Å²) in [5.74, 6) is 0.608. The smallest absolute Gasteiger partial charge is 0.213 e. The SMILES string of the molecule is COc1cc(CNc2nc(Cl)cs2)ccn1. The van der Waals surface area contributed by atoms with Gasteiger partial charge in [-0.15, -0.1) is 11.3 Å². The van der Waals surface area contributed by atoms with Crippen LogP contribution in [-0.2, 0) is 6.54 Å². The predicted octanol–water partition coefficient (Wildman–Crippen LogP) is 2.81. The lowest BCUT2D eigenvalue weighted by molar-refractivity contribution is 0.397. The van der Waals surface area contributed by atoms with Crippen LogP contribution >= 0.6 is 22.9 Å². The van der Waals surface area contributed by atoms with Crippen molar-refractivity contribution in [2.75, 3.05) is 12.4 Å². The second-order valence-corrected chi connectivity index (χ2v) is 4.28. The zero-order chi connectivity index (χ0) is 11.4. The summed E-state index contributed by atoms with van der Waals surface area (Å²) in [5.41, 5.74) is 1.08. The van der Waals surface area contributed by atoms with Crippen LogP contribution in [0.25, 0.3) is 0 Å². The lowest BCUT2D eigenvalue weighted by Gasteiger charge is -2.04. The first kappa shape index (κ1) is 11.2. The fourth-order valence-electron chi connectivity index (χ4n) is 1.19. The number of ether oxygens (including phenoxy) is 1. The number of rotatable bonds is 4. The van der Waals surface area contributed by atoms with Gasteiger partial charge in [0.05, 0.1) is 7.11 Å². The zero-order valence-electron chi connectivity index (χ0n) is 8.61. The maximum atomic E-state index is 5.72. The van der Waals surface area contributed by atoms with Gasteiger partial charge in [0.1, 0.15) is 5.15 Å². The van der Waals surface area contributed by atoms with E-state index < -0.39 is 0 Å². The zero-order valence-corrected chi connectivity index (χ0v) is 10.2. The number of nitrogens with one attached hydrogen (secondary N) is 1. The van der Waals surface area contributed by atoms with Crippen molar-refractivity contribution in [3.8, 4) is 5.88 Å². The standard InChI is InChI=1S/C10H10ClN3OS/c1-15-9-4-7(2-3-12-9)5-13-10-14-8(11)6-16-10/h2-4,6H,5H2,1H3,(H,13,14). The molecule has 2 aromatic heterocycles. The van der Waals surface area contributed by atoms with Crippen LogP contribution in [0, 0.1) is 0 Å². The van der Waals surface area contributed by atoms with Gasteiger partial charge in [-0.25, -0.2) is 9.97 Å². The molecule has 84 valence electrons. The van der Waals surface area contributed by atoms with E-state index in [1.165, 1.54) is 11.3 Å². The first-order valence-corrected chi connectivity index (χ1v) is 5.87. The second kappa shape index (κ2) is 5.14. The number of thiazole rings is 1. The highest BCUT2D eigenvalue weighted by atomic mass is 35.5. The summed E-state index contributed by atoms with van der Waals surface area (Å²) in [5, 5.41) is 6.28. The Balaban J connectivity index is 1.99. The van der Waals surface area contributed by atoms with E-state index in [4.69, 9.17) is 16.3 Å². The molecule has 0 spiro atoms. The number of hydrogen-bond acceptors (Lipinski definition) is 5. The lowest BCUT2D eigenvalue weighted by Crippen LogP contribution is -1.99. The summed E-state index contributed by atoms with van der Waals surface area (Å²) in [6.07, 6.45) is 1.71. The molecule has 0 unspecified atom stereocenters. The van der Waals surface area contributed by atoms with E-state index in [2.05, 4.69) is 15.3 Å². The molecule has 0 fully saturated rings. The quantitative estimate of drug-likeness (QED) is 0.913. The van der Waals surface area contributed by atoms with Crippen molar-refractivity contribution in [1.82, 2.24) is 9.97 Å². The molecule has 1 N–H and O–H groups in total. The summed E-state index contributed by atoms with van der Waals surface area (Å²) in [6, 6.07) is 3.80. The number of nitrogens with zero attached hydrogens (tertiary/aromatic N) is 2. The van der Waals surface area contributed by atoms with Gasteiger partial charge >= 0.3 is 0 Å². The molecule has 0 saturated heterocycles. The summed E-state index contributed by atoms with van der Waals surface area (Å²) in [7, 11) is 1.60. The molecule has 0 amide bonds. The summed E-state index contributed by atoms with van der Waals surface area (Å²) >= 11 is 7.20. The van der Waals surface area contributed by atoms with Crippen LogP contribution in [0.15, 0.2) is 23.7 Å². The van der Waals surface area contributed by atoms with Crippen molar-refractivity contribution in [2.24, 2.45) is 0 Å². The van der Waals surface area contributed by atoms with E-state index in [1.807, 2.05) is 12.1 Å². The van der Waals surface area contributed by atoms with Crippen LogP contribution in [0.5, 0.6) is 5.88 Å². The van der Waals surface area contributed by atoms with Crippen LogP contribution in [-0.4, -0.2) is 17.1 Å². The van der Waals surface area contributed by atoms with E-state index in [-0.39, 0.29) is 0 Å². The minimum atomic E-state index is 0.514. The molecule has 2 rings (SSSR count). The van der Waals surface area contributed by atoms with Crippen LogP contribution in [0.3, 0.4) is 0 Å². The Morgan fingerprint density at radius 2 is 2.44 bits per heavy atom. The number of methoxy groups -OCH3 is 1. The highest BCUT2D eigenvalue weighted by molar-refractivity contribution is 7.14. The maximum absolute atomic E-state index is 5.72. The van der Waals surface area contributed by atoms with E-state index >= 15 is 0 Å². The number of pyridine rings is 1. The van der Waals surface area contributed by atoms with E-state index in [9.17, 15) is 0 Å². The predicted molar refractivity (Wildman–Crippen MR) is 65.2 cm³/mol. The molecule has 0 bridgehead atoms. The van der Waals surface area contributed by atoms with Gasteiger partial charge in [0.2, 0.25) is 5.88 Å². The molecular weight excluding hydrogens is 246 g/mol. The largest absolute Gasteiger partial charge is 0.481 e. The van der Waals surface area contributed by atoms with E-state index in [0.29, 0.717) is 17.6 Å². The number of anilines is 1. The van der Waals surface area contributed by atoms with Crippen molar-refractivity contribution in [3.63, 3.8) is 0 Å². The Labute approximate surface area is 102 Å². The van der Waals surface area contributed by atoms with Crippen molar-refractivity contribution >= 4 is 28.1 Å². The van der Waals surface area contributed by atoms with Gasteiger partial charge in [0.25, 0.3) is 0 Å². The molecule has 0 aliphatic rings. The Hall–Kier alpha value is -1.33. The summed E-state index contributed by atoms with van der Waals surface area (Å²) < 4.78 is 5.04. The average Bonchev–Trinajstić information content (AvgIpc) is 2.73. The van der Waals surface area contributed by atoms with Crippen LogP contribution in [0.4, 0.5) is 5.13 Å². The third-order valence-electron chi connectivity index (χ3n) is 1.93. The van der Waals surface area contributed by atoms with Gasteiger partial charge in [0, 0.05) is 24.2 Å². The molecule has 4 nitrogen and oxygen atoms in total. The molecule has 0 aliphatic heterocycles. The van der Waals surface area contributed by atoms with Crippen molar-refractivity contribution in [1.29, 1.82) is 0 Å². The monoisotopic (exact) mass is 255 g/mol. The third-order valence-corrected chi connectivity index (χ3v) is 3.05. The van der Waals surface area contributed by atoms with Gasteiger partial charge in [0.15, 0.2) is 5.13 Å². The van der Waals surface area contributed by atoms with Crippen molar-refractivity contribution < 1.29 is 4.74 Å². The molecule has 0 atom stereocenters. The van der Waals surface area contributed by atoms with Crippen molar-refractivity contribution in [2.45, 2.75) is 6.54 Å². The van der Waals surface area contributed by atoms with Crippen LogP contribution in [0.2, 0.25) is 5.15 Å². The Bertz CT molecular complexity index is 475. The molecule has 0 aromatic carbocycles. The van der Waals surface area contributed by atoms with Crippen LogP contribution < -0.4 is 10.1 Å². The van der Waals surface area contributed by atoms with Gasteiger partial charge in [-0.2, -0.15) is 0 Å². The Morgan fingerprint density at radius 3 is 3.12 bits per heavy atom. The lowest BCUT2D eigenvalue weighted by atomic mass is 10.3. The molecular formula is C10H10ClN3OS. The minimum absolute atomic E-state index is 0.514. The fraction of sp³-hybridized carbons (Fsp3) is 0.200. The summed E-state index contributed by atoms with van der Waals surface area (Å²) in [6.45, 7) is 0.669. The van der Waals surface area contributed by atoms with Crippen LogP contribution in [0.1, 0.15) is 5.56 Å². The highest BCUT2D eigenvalue weighted by Crippen LogP contribution is 2.19. The third kappa shape index (κ3) is 2.84. The molecule has 0 saturated carbocycles. The minimum Gasteiger partial charge on any atom is -0.481 e. The first-order chi connectivity index (χ1) is 7.78. The van der Waals surface area contributed by atoms with Gasteiger partial charge in [-0.3, -0.25) is 0 Å². The number of halogens is 1. The summed E-state index contributed by atoms with van der Waals surface area (Å²) in [4.78, 5) is 8.13. The molecule has 6 heteroatoms. The Kier molecular flexibility index (Phi) is 3.58. The second-order valence-electron chi connectivity index (χ2n) is 3.04. The molecule has 0 aliphatic carbocycles. The van der Waals surface area contributed by atoms with Gasteiger partial charge in [-0.05, 0) is 11.6 Å². The maximum Gasteiger partial charge on any atom is 0.213 e. The molecule has 0 radical (unpaired) electrons. The number of hydrogen-bond donors (Lipinski definition) is 1. The van der Waals surface area contributed by atoms with E-state index in [1.54, 1.807) is 18.7 Å².